The summed E-state index contributed by atoms with van der Waals surface area (Å²) in [6.07, 6.45) is -7.43. The second-order valence-electron chi connectivity index (χ2n) is 3.33. The SMILES string of the molecule is OC(COc1c(Cl)cccc1Cl)CC(F)(F)F. The highest BCUT2D eigenvalue weighted by atomic mass is 35.5. The van der Waals surface area contributed by atoms with E-state index in [1.54, 1.807) is 6.07 Å². The third-order valence-electron chi connectivity index (χ3n) is 1.81. The zero-order chi connectivity index (χ0) is 13.1. The summed E-state index contributed by atoms with van der Waals surface area (Å²) < 4.78 is 40.7. The topological polar surface area (TPSA) is 29.5 Å². The largest absolute Gasteiger partial charge is 0.488 e. The van der Waals surface area contributed by atoms with E-state index in [4.69, 9.17) is 33.0 Å². The van der Waals surface area contributed by atoms with Gasteiger partial charge in [-0.2, -0.15) is 13.2 Å². The van der Waals surface area contributed by atoms with Crippen molar-refractivity contribution in [3.05, 3.63) is 28.2 Å². The van der Waals surface area contributed by atoms with Crippen LogP contribution < -0.4 is 4.74 Å². The average molecular weight is 289 g/mol. The van der Waals surface area contributed by atoms with E-state index < -0.39 is 25.3 Å². The van der Waals surface area contributed by atoms with Gasteiger partial charge < -0.3 is 9.84 Å². The van der Waals surface area contributed by atoms with Gasteiger partial charge in [0.25, 0.3) is 0 Å². The Kier molecular flexibility index (Phi) is 4.91. The third-order valence-corrected chi connectivity index (χ3v) is 2.40. The van der Waals surface area contributed by atoms with E-state index in [-0.39, 0.29) is 15.8 Å². The van der Waals surface area contributed by atoms with Gasteiger partial charge in [0.2, 0.25) is 0 Å². The number of hydrogen-bond acceptors (Lipinski definition) is 2. The van der Waals surface area contributed by atoms with E-state index in [1.807, 2.05) is 0 Å². The van der Waals surface area contributed by atoms with Crippen LogP contribution in [0.25, 0.3) is 0 Å². The quantitative estimate of drug-likeness (QED) is 0.916. The summed E-state index contributed by atoms with van der Waals surface area (Å²) in [5.74, 6) is 0.0667. The van der Waals surface area contributed by atoms with Gasteiger partial charge in [-0.05, 0) is 12.1 Å². The van der Waals surface area contributed by atoms with Gasteiger partial charge in [0.05, 0.1) is 22.6 Å². The molecule has 0 saturated heterocycles. The first-order valence-corrected chi connectivity index (χ1v) is 5.37. The summed E-state index contributed by atoms with van der Waals surface area (Å²) in [4.78, 5) is 0. The summed E-state index contributed by atoms with van der Waals surface area (Å²) in [7, 11) is 0. The van der Waals surface area contributed by atoms with Crippen LogP contribution in [0.4, 0.5) is 13.2 Å². The number of ether oxygens (including phenoxy) is 1. The lowest BCUT2D eigenvalue weighted by Gasteiger charge is -2.15. The molecule has 0 spiro atoms. The smallest absolute Gasteiger partial charge is 0.391 e. The van der Waals surface area contributed by atoms with E-state index in [2.05, 4.69) is 0 Å². The molecule has 1 atom stereocenters. The van der Waals surface area contributed by atoms with Crippen molar-refractivity contribution in [3.8, 4) is 5.75 Å². The molecule has 96 valence electrons. The molecular weight excluding hydrogens is 280 g/mol. The molecule has 2 nitrogen and oxygen atoms in total. The monoisotopic (exact) mass is 288 g/mol. The van der Waals surface area contributed by atoms with E-state index in [1.165, 1.54) is 12.1 Å². The lowest BCUT2D eigenvalue weighted by molar-refractivity contribution is -0.156. The van der Waals surface area contributed by atoms with Crippen LogP contribution in [0, 0.1) is 0 Å². The fourth-order valence-electron chi connectivity index (χ4n) is 1.13. The van der Waals surface area contributed by atoms with Crippen LogP contribution in [0.5, 0.6) is 5.75 Å². The Morgan fingerprint density at radius 1 is 1.24 bits per heavy atom. The maximum absolute atomic E-state index is 11.9. The van der Waals surface area contributed by atoms with Crippen molar-refractivity contribution in [2.75, 3.05) is 6.61 Å². The molecule has 0 aromatic heterocycles. The number of aliphatic hydroxyl groups is 1. The van der Waals surface area contributed by atoms with Gasteiger partial charge in [-0.15, -0.1) is 0 Å². The molecule has 0 bridgehead atoms. The normalized spacial score (nSPS) is 13.5. The number of benzene rings is 1. The molecule has 0 saturated carbocycles. The minimum Gasteiger partial charge on any atom is -0.488 e. The van der Waals surface area contributed by atoms with E-state index in [0.717, 1.165) is 0 Å². The van der Waals surface area contributed by atoms with Crippen molar-refractivity contribution < 1.29 is 23.0 Å². The number of hydrogen-bond donors (Lipinski definition) is 1. The van der Waals surface area contributed by atoms with Gasteiger partial charge in [0.15, 0.2) is 5.75 Å². The van der Waals surface area contributed by atoms with Gasteiger partial charge in [-0.3, -0.25) is 0 Å². The molecule has 0 amide bonds. The maximum Gasteiger partial charge on any atom is 0.391 e. The highest BCUT2D eigenvalue weighted by molar-refractivity contribution is 6.37. The number of aliphatic hydroxyl groups excluding tert-OH is 1. The molecule has 1 N–H and O–H groups in total. The van der Waals surface area contributed by atoms with E-state index >= 15 is 0 Å². The molecule has 1 aromatic rings. The molecule has 0 heterocycles. The van der Waals surface area contributed by atoms with Gasteiger partial charge in [0.1, 0.15) is 6.61 Å². The van der Waals surface area contributed by atoms with Crippen molar-refractivity contribution >= 4 is 23.2 Å². The van der Waals surface area contributed by atoms with E-state index in [0.29, 0.717) is 0 Å². The molecule has 1 aromatic carbocycles. The van der Waals surface area contributed by atoms with Crippen molar-refractivity contribution in [2.45, 2.75) is 18.7 Å². The molecule has 7 heteroatoms. The summed E-state index contributed by atoms with van der Waals surface area (Å²) in [6.45, 7) is -0.525. The standard InChI is InChI=1S/C10H9Cl2F3O2/c11-7-2-1-3-8(12)9(7)17-5-6(16)4-10(13,14)15/h1-3,6,16H,4-5H2. The first-order valence-electron chi connectivity index (χ1n) is 4.61. The summed E-state index contributed by atoms with van der Waals surface area (Å²) >= 11 is 11.5. The number of para-hydroxylation sites is 1. The Bertz CT molecular complexity index is 362. The molecule has 17 heavy (non-hydrogen) atoms. The van der Waals surface area contributed by atoms with Crippen LogP contribution in [-0.2, 0) is 0 Å². The van der Waals surface area contributed by atoms with Crippen LogP contribution in [0.1, 0.15) is 6.42 Å². The first kappa shape index (κ1) is 14.4. The summed E-state index contributed by atoms with van der Waals surface area (Å²) in [6, 6.07) is 4.54. The highest BCUT2D eigenvalue weighted by Crippen LogP contribution is 2.32. The van der Waals surface area contributed by atoms with Crippen molar-refractivity contribution in [2.24, 2.45) is 0 Å². The van der Waals surface area contributed by atoms with E-state index in [9.17, 15) is 13.2 Å². The lowest BCUT2D eigenvalue weighted by Crippen LogP contribution is -2.25. The molecule has 0 aliphatic heterocycles. The Hall–Kier alpha value is -0.650. The van der Waals surface area contributed by atoms with Crippen LogP contribution in [0.3, 0.4) is 0 Å². The highest BCUT2D eigenvalue weighted by Gasteiger charge is 2.31. The predicted octanol–water partition coefficient (Wildman–Crippen LogP) is 3.69. The maximum atomic E-state index is 11.9. The molecule has 0 aliphatic carbocycles. The molecule has 0 aliphatic rings. The van der Waals surface area contributed by atoms with Crippen LogP contribution in [-0.4, -0.2) is 24.0 Å². The molecule has 1 rings (SSSR count). The number of halogens is 5. The average Bonchev–Trinajstić information content (AvgIpc) is 2.14. The number of rotatable bonds is 4. The Balaban J connectivity index is 2.56. The van der Waals surface area contributed by atoms with Crippen molar-refractivity contribution in [1.29, 1.82) is 0 Å². The molecule has 1 unspecified atom stereocenters. The Labute approximate surface area is 106 Å². The summed E-state index contributed by atoms with van der Waals surface area (Å²) in [5.41, 5.74) is 0. The zero-order valence-electron chi connectivity index (χ0n) is 8.47. The third kappa shape index (κ3) is 5.02. The van der Waals surface area contributed by atoms with Crippen LogP contribution >= 0.6 is 23.2 Å². The van der Waals surface area contributed by atoms with Crippen molar-refractivity contribution in [1.82, 2.24) is 0 Å². The lowest BCUT2D eigenvalue weighted by atomic mass is 10.2. The zero-order valence-corrected chi connectivity index (χ0v) is 9.98. The predicted molar refractivity (Wildman–Crippen MR) is 58.6 cm³/mol. The van der Waals surface area contributed by atoms with Gasteiger partial charge in [-0.25, -0.2) is 0 Å². The van der Waals surface area contributed by atoms with Crippen LogP contribution in [0.15, 0.2) is 18.2 Å². The Morgan fingerprint density at radius 2 is 1.76 bits per heavy atom. The second kappa shape index (κ2) is 5.80. The van der Waals surface area contributed by atoms with Crippen molar-refractivity contribution in [3.63, 3.8) is 0 Å². The second-order valence-corrected chi connectivity index (χ2v) is 4.15. The molecule has 0 radical (unpaired) electrons. The molecule has 0 fully saturated rings. The molecular formula is C10H9Cl2F3O2. The summed E-state index contributed by atoms with van der Waals surface area (Å²) in [5, 5.41) is 9.45. The fourth-order valence-corrected chi connectivity index (χ4v) is 1.63. The Morgan fingerprint density at radius 3 is 2.24 bits per heavy atom. The fraction of sp³-hybridized carbons (Fsp3) is 0.400. The van der Waals surface area contributed by atoms with Gasteiger partial charge in [0, 0.05) is 0 Å². The first-order chi connectivity index (χ1) is 7.79. The minimum absolute atomic E-state index is 0.0667. The van der Waals surface area contributed by atoms with Gasteiger partial charge in [-0.1, -0.05) is 29.3 Å². The minimum atomic E-state index is -4.44. The van der Waals surface area contributed by atoms with Crippen LogP contribution in [0.2, 0.25) is 10.0 Å². The van der Waals surface area contributed by atoms with Gasteiger partial charge >= 0.3 is 6.18 Å². The number of alkyl halides is 3.